The number of anilines is 2. The molecule has 1 aromatic carbocycles. The van der Waals surface area contributed by atoms with Gasteiger partial charge < -0.3 is 10.6 Å². The molecule has 2 nitrogen and oxygen atoms in total. The molecule has 1 aromatic rings. The van der Waals surface area contributed by atoms with Crippen molar-refractivity contribution in [1.82, 2.24) is 0 Å². The summed E-state index contributed by atoms with van der Waals surface area (Å²) in [6.07, 6.45) is 3.94. The van der Waals surface area contributed by atoms with E-state index in [1.165, 1.54) is 24.9 Å². The van der Waals surface area contributed by atoms with Gasteiger partial charge in [0.1, 0.15) is 0 Å². The van der Waals surface area contributed by atoms with E-state index >= 15 is 0 Å². The summed E-state index contributed by atoms with van der Waals surface area (Å²) in [6.45, 7) is 2.31. The molecule has 2 N–H and O–H groups in total. The van der Waals surface area contributed by atoms with Crippen LogP contribution in [0.2, 0.25) is 0 Å². The maximum Gasteiger partial charge on any atom is 0.0531 e. The topological polar surface area (TPSA) is 29.3 Å². The van der Waals surface area contributed by atoms with Gasteiger partial charge in [0.2, 0.25) is 0 Å². The molecule has 1 aliphatic rings. The zero-order chi connectivity index (χ0) is 9.97. The van der Waals surface area contributed by atoms with Crippen molar-refractivity contribution in [3.05, 3.63) is 22.7 Å². The van der Waals surface area contributed by atoms with E-state index in [1.807, 2.05) is 12.1 Å². The van der Waals surface area contributed by atoms with Crippen LogP contribution >= 0.6 is 15.9 Å². The highest BCUT2D eigenvalue weighted by Crippen LogP contribution is 2.30. The fraction of sp³-hybridized carbons (Fsp3) is 0.455. The first kappa shape index (κ1) is 9.84. The molecule has 3 heteroatoms. The second-order valence-corrected chi connectivity index (χ2v) is 4.61. The lowest BCUT2D eigenvalue weighted by atomic mass is 10.1. The van der Waals surface area contributed by atoms with Gasteiger partial charge in [-0.05, 0) is 53.4 Å². The number of benzene rings is 1. The monoisotopic (exact) mass is 254 g/mol. The van der Waals surface area contributed by atoms with Gasteiger partial charge in [0.15, 0.2) is 0 Å². The molecule has 0 saturated carbocycles. The predicted molar refractivity (Wildman–Crippen MR) is 64.6 cm³/mol. The van der Waals surface area contributed by atoms with E-state index in [1.54, 1.807) is 0 Å². The fourth-order valence-corrected chi connectivity index (χ4v) is 2.40. The minimum absolute atomic E-state index is 0.841. The van der Waals surface area contributed by atoms with Crippen molar-refractivity contribution < 1.29 is 0 Å². The van der Waals surface area contributed by atoms with E-state index in [4.69, 9.17) is 5.73 Å². The quantitative estimate of drug-likeness (QED) is 0.781. The van der Waals surface area contributed by atoms with Gasteiger partial charge in [-0.25, -0.2) is 0 Å². The number of hydrogen-bond acceptors (Lipinski definition) is 2. The highest BCUT2D eigenvalue weighted by atomic mass is 79.9. The number of nitrogen functional groups attached to an aromatic ring is 1. The molecule has 0 amide bonds. The van der Waals surface area contributed by atoms with Crippen molar-refractivity contribution in [3.8, 4) is 0 Å². The summed E-state index contributed by atoms with van der Waals surface area (Å²) in [5.74, 6) is 0. The molecule has 0 aliphatic carbocycles. The van der Waals surface area contributed by atoms with E-state index in [9.17, 15) is 0 Å². The summed E-state index contributed by atoms with van der Waals surface area (Å²) < 4.78 is 1.15. The number of nitrogens with zero attached hydrogens (tertiary/aromatic N) is 1. The van der Waals surface area contributed by atoms with E-state index in [-0.39, 0.29) is 0 Å². The zero-order valence-corrected chi connectivity index (χ0v) is 9.76. The molecule has 0 aromatic heterocycles. The zero-order valence-electron chi connectivity index (χ0n) is 8.17. The van der Waals surface area contributed by atoms with Crippen LogP contribution in [-0.4, -0.2) is 13.1 Å². The molecule has 0 atom stereocenters. The number of halogens is 1. The van der Waals surface area contributed by atoms with E-state index in [2.05, 4.69) is 26.9 Å². The molecule has 1 heterocycles. The minimum atomic E-state index is 0.841. The Morgan fingerprint density at radius 3 is 2.57 bits per heavy atom. The molecule has 76 valence electrons. The molecule has 2 rings (SSSR count). The van der Waals surface area contributed by atoms with Crippen LogP contribution in [0.25, 0.3) is 0 Å². The average Bonchev–Trinajstić information content (AvgIpc) is 2.23. The van der Waals surface area contributed by atoms with Crippen molar-refractivity contribution >= 4 is 27.3 Å². The second-order valence-electron chi connectivity index (χ2n) is 3.76. The standard InChI is InChI=1S/C11H15BrN2/c12-10-5-4-9(13)8-11(10)14-6-2-1-3-7-14/h4-5,8H,1-3,6-7,13H2. The van der Waals surface area contributed by atoms with Gasteiger partial charge in [0.05, 0.1) is 5.69 Å². The smallest absolute Gasteiger partial charge is 0.0531 e. The SMILES string of the molecule is Nc1ccc(Br)c(N2CCCCC2)c1. The van der Waals surface area contributed by atoms with Crippen LogP contribution in [-0.2, 0) is 0 Å². The van der Waals surface area contributed by atoms with Gasteiger partial charge in [-0.3, -0.25) is 0 Å². The first-order chi connectivity index (χ1) is 6.77. The Morgan fingerprint density at radius 1 is 1.14 bits per heavy atom. The van der Waals surface area contributed by atoms with Crippen LogP contribution in [0.5, 0.6) is 0 Å². The first-order valence-electron chi connectivity index (χ1n) is 5.07. The molecular formula is C11H15BrN2. The number of hydrogen-bond donors (Lipinski definition) is 1. The van der Waals surface area contributed by atoms with Crippen LogP contribution in [0.4, 0.5) is 11.4 Å². The van der Waals surface area contributed by atoms with Crippen LogP contribution in [0.15, 0.2) is 22.7 Å². The van der Waals surface area contributed by atoms with E-state index < -0.39 is 0 Å². The lowest BCUT2D eigenvalue weighted by molar-refractivity contribution is 0.577. The summed E-state index contributed by atoms with van der Waals surface area (Å²) in [6, 6.07) is 6.01. The third-order valence-corrected chi connectivity index (χ3v) is 3.34. The Labute approximate surface area is 93.2 Å². The van der Waals surface area contributed by atoms with Crippen molar-refractivity contribution in [2.24, 2.45) is 0 Å². The molecule has 0 radical (unpaired) electrons. The van der Waals surface area contributed by atoms with Crippen LogP contribution in [0.1, 0.15) is 19.3 Å². The third kappa shape index (κ3) is 2.03. The summed E-state index contributed by atoms with van der Waals surface area (Å²) >= 11 is 3.57. The predicted octanol–water partition coefficient (Wildman–Crippen LogP) is 3.02. The van der Waals surface area contributed by atoms with E-state index in [0.717, 1.165) is 23.2 Å². The first-order valence-corrected chi connectivity index (χ1v) is 5.86. The van der Waals surface area contributed by atoms with Gasteiger partial charge in [0.25, 0.3) is 0 Å². The van der Waals surface area contributed by atoms with Gasteiger partial charge in [-0.2, -0.15) is 0 Å². The van der Waals surface area contributed by atoms with Gasteiger partial charge in [-0.1, -0.05) is 0 Å². The molecular weight excluding hydrogens is 240 g/mol. The van der Waals surface area contributed by atoms with Crippen molar-refractivity contribution in [3.63, 3.8) is 0 Å². The molecule has 1 aliphatic heterocycles. The molecule has 14 heavy (non-hydrogen) atoms. The van der Waals surface area contributed by atoms with Gasteiger partial charge in [0, 0.05) is 23.2 Å². The summed E-state index contributed by atoms with van der Waals surface area (Å²) in [5, 5.41) is 0. The Hall–Kier alpha value is -0.700. The Bertz CT molecular complexity index is 319. The van der Waals surface area contributed by atoms with Crippen LogP contribution < -0.4 is 10.6 Å². The van der Waals surface area contributed by atoms with Gasteiger partial charge >= 0.3 is 0 Å². The van der Waals surface area contributed by atoms with Crippen molar-refractivity contribution in [2.45, 2.75) is 19.3 Å². The lowest BCUT2D eigenvalue weighted by Crippen LogP contribution is -2.29. The molecule has 0 spiro atoms. The summed E-state index contributed by atoms with van der Waals surface area (Å²) in [5.41, 5.74) is 7.87. The Morgan fingerprint density at radius 2 is 1.86 bits per heavy atom. The normalized spacial score (nSPS) is 17.1. The van der Waals surface area contributed by atoms with Crippen LogP contribution in [0, 0.1) is 0 Å². The van der Waals surface area contributed by atoms with E-state index in [0.29, 0.717) is 0 Å². The van der Waals surface area contributed by atoms with Crippen molar-refractivity contribution in [1.29, 1.82) is 0 Å². The number of piperidine rings is 1. The lowest BCUT2D eigenvalue weighted by Gasteiger charge is -2.29. The largest absolute Gasteiger partial charge is 0.399 e. The highest BCUT2D eigenvalue weighted by Gasteiger charge is 2.13. The Kier molecular flexibility index (Phi) is 2.96. The van der Waals surface area contributed by atoms with Gasteiger partial charge in [-0.15, -0.1) is 0 Å². The Balaban J connectivity index is 2.24. The van der Waals surface area contributed by atoms with Crippen molar-refractivity contribution in [2.75, 3.05) is 23.7 Å². The average molecular weight is 255 g/mol. The summed E-state index contributed by atoms with van der Waals surface area (Å²) in [7, 11) is 0. The third-order valence-electron chi connectivity index (χ3n) is 2.67. The highest BCUT2D eigenvalue weighted by molar-refractivity contribution is 9.10. The maximum atomic E-state index is 5.79. The summed E-state index contributed by atoms with van der Waals surface area (Å²) in [4.78, 5) is 2.41. The maximum absolute atomic E-state index is 5.79. The number of nitrogens with two attached hydrogens (primary N) is 1. The minimum Gasteiger partial charge on any atom is -0.399 e. The fourth-order valence-electron chi connectivity index (χ4n) is 1.91. The second kappa shape index (κ2) is 4.22. The molecule has 1 saturated heterocycles. The van der Waals surface area contributed by atoms with Crippen LogP contribution in [0.3, 0.4) is 0 Å². The number of rotatable bonds is 1. The molecule has 0 unspecified atom stereocenters. The molecule has 1 fully saturated rings. The molecule has 0 bridgehead atoms.